The van der Waals surface area contributed by atoms with Crippen LogP contribution < -0.4 is 11.1 Å². The molecule has 0 aliphatic heterocycles. The molecule has 2 rings (SSSR count). The summed E-state index contributed by atoms with van der Waals surface area (Å²) >= 11 is 11.0. The van der Waals surface area contributed by atoms with E-state index >= 15 is 0 Å². The molecule has 0 unspecified atom stereocenters. The van der Waals surface area contributed by atoms with E-state index in [-0.39, 0.29) is 0 Å². The van der Waals surface area contributed by atoms with Crippen molar-refractivity contribution in [2.75, 3.05) is 11.9 Å². The highest BCUT2D eigenvalue weighted by Gasteiger charge is 2.05. The van der Waals surface area contributed by atoms with Gasteiger partial charge in [-0.1, -0.05) is 53.6 Å². The molecule has 0 amide bonds. The number of aryl methyl sites for hydroxylation is 1. The first kappa shape index (κ1) is 14.8. The van der Waals surface area contributed by atoms with E-state index in [0.29, 0.717) is 10.0 Å². The fourth-order valence-electron chi connectivity index (χ4n) is 2.08. The van der Waals surface area contributed by atoms with E-state index in [1.807, 2.05) is 12.1 Å². The first-order valence-electron chi connectivity index (χ1n) is 6.45. The Morgan fingerprint density at radius 1 is 1.25 bits per heavy atom. The van der Waals surface area contributed by atoms with Crippen LogP contribution in [0.5, 0.6) is 0 Å². The molecule has 2 nitrogen and oxygen atoms in total. The molecule has 0 heterocycles. The van der Waals surface area contributed by atoms with Crippen LogP contribution in [0.3, 0.4) is 0 Å². The Hall–Kier alpha value is -1.58. The second-order valence-corrected chi connectivity index (χ2v) is 5.60. The third-order valence-corrected chi connectivity index (χ3v) is 3.51. The third-order valence-electron chi connectivity index (χ3n) is 3.06. The summed E-state index contributed by atoms with van der Waals surface area (Å²) in [5.74, 6) is 0. The second-order valence-electron chi connectivity index (χ2n) is 4.72. The summed E-state index contributed by atoms with van der Waals surface area (Å²) < 4.78 is 0. The lowest BCUT2D eigenvalue weighted by Gasteiger charge is -2.12. The molecule has 0 radical (unpaired) electrons. The topological polar surface area (TPSA) is 38.0 Å². The molecule has 20 heavy (non-hydrogen) atoms. The van der Waals surface area contributed by atoms with Crippen LogP contribution in [-0.2, 0) is 6.42 Å². The number of hydrogen-bond donors (Lipinski definition) is 2. The molecule has 0 saturated carbocycles. The molecule has 0 fully saturated rings. The SMILES string of the molecule is Cc1cccc(CCNc2ccc(Cl)cc2C(N)=S)c1. The van der Waals surface area contributed by atoms with Crippen LogP contribution in [0.4, 0.5) is 5.69 Å². The Balaban J connectivity index is 2.02. The first-order chi connectivity index (χ1) is 9.56. The standard InChI is InChI=1S/C16H17ClN2S/c1-11-3-2-4-12(9-11)7-8-19-15-6-5-13(17)10-14(15)16(18)20/h2-6,9-10,19H,7-8H2,1H3,(H2,18,20). The van der Waals surface area contributed by atoms with Crippen LogP contribution in [0.25, 0.3) is 0 Å². The minimum Gasteiger partial charge on any atom is -0.389 e. The van der Waals surface area contributed by atoms with Crippen LogP contribution in [0.2, 0.25) is 5.02 Å². The van der Waals surface area contributed by atoms with Gasteiger partial charge >= 0.3 is 0 Å². The smallest absolute Gasteiger partial charge is 0.106 e. The summed E-state index contributed by atoms with van der Waals surface area (Å²) in [6.07, 6.45) is 0.946. The molecular weight excluding hydrogens is 288 g/mol. The number of thiocarbonyl (C=S) groups is 1. The summed E-state index contributed by atoms with van der Waals surface area (Å²) in [4.78, 5) is 0.352. The Kier molecular flexibility index (Phi) is 4.99. The van der Waals surface area contributed by atoms with Crippen molar-refractivity contribution in [1.29, 1.82) is 0 Å². The molecule has 0 aromatic heterocycles. The Bertz CT molecular complexity index is 626. The highest BCUT2D eigenvalue weighted by molar-refractivity contribution is 7.80. The fourth-order valence-corrected chi connectivity index (χ4v) is 2.42. The third kappa shape index (κ3) is 3.95. The normalized spacial score (nSPS) is 10.3. The molecule has 3 N–H and O–H groups in total. The van der Waals surface area contributed by atoms with Gasteiger partial charge in [-0.15, -0.1) is 0 Å². The van der Waals surface area contributed by atoms with Crippen molar-refractivity contribution in [3.63, 3.8) is 0 Å². The van der Waals surface area contributed by atoms with Gasteiger partial charge in [0.05, 0.1) is 0 Å². The van der Waals surface area contributed by atoms with Crippen molar-refractivity contribution >= 4 is 34.5 Å². The van der Waals surface area contributed by atoms with Crippen LogP contribution in [0.1, 0.15) is 16.7 Å². The lowest BCUT2D eigenvalue weighted by molar-refractivity contribution is 1.02. The van der Waals surface area contributed by atoms with E-state index in [4.69, 9.17) is 29.6 Å². The zero-order valence-corrected chi connectivity index (χ0v) is 12.9. The second kappa shape index (κ2) is 6.73. The van der Waals surface area contributed by atoms with E-state index in [1.54, 1.807) is 6.07 Å². The number of nitrogens with two attached hydrogens (primary N) is 1. The van der Waals surface area contributed by atoms with Gasteiger partial charge in [-0.3, -0.25) is 0 Å². The lowest BCUT2D eigenvalue weighted by Crippen LogP contribution is -2.14. The summed E-state index contributed by atoms with van der Waals surface area (Å²) in [5, 5.41) is 4.00. The van der Waals surface area contributed by atoms with E-state index < -0.39 is 0 Å². The molecule has 104 valence electrons. The summed E-state index contributed by atoms with van der Waals surface area (Å²) in [5.41, 5.74) is 10.0. The minimum absolute atomic E-state index is 0.352. The molecule has 0 bridgehead atoms. The molecule has 0 saturated heterocycles. The van der Waals surface area contributed by atoms with Gasteiger partial charge in [-0.05, 0) is 37.1 Å². The van der Waals surface area contributed by atoms with E-state index in [2.05, 4.69) is 36.5 Å². The number of nitrogens with one attached hydrogen (secondary N) is 1. The Labute approximate surface area is 130 Å². The first-order valence-corrected chi connectivity index (χ1v) is 7.23. The summed E-state index contributed by atoms with van der Waals surface area (Å²) in [6, 6.07) is 14.0. The van der Waals surface area contributed by atoms with Gasteiger partial charge in [-0.2, -0.15) is 0 Å². The van der Waals surface area contributed by atoms with Gasteiger partial charge in [0.15, 0.2) is 0 Å². The number of halogens is 1. The average Bonchev–Trinajstić information content (AvgIpc) is 2.40. The van der Waals surface area contributed by atoms with E-state index in [1.165, 1.54) is 11.1 Å². The number of benzene rings is 2. The van der Waals surface area contributed by atoms with Crippen molar-refractivity contribution < 1.29 is 0 Å². The maximum absolute atomic E-state index is 5.97. The van der Waals surface area contributed by atoms with Crippen LogP contribution in [-0.4, -0.2) is 11.5 Å². The van der Waals surface area contributed by atoms with Crippen molar-refractivity contribution in [1.82, 2.24) is 0 Å². The van der Waals surface area contributed by atoms with Crippen molar-refractivity contribution in [3.05, 3.63) is 64.2 Å². The predicted octanol–water partition coefficient (Wildman–Crippen LogP) is 3.94. The van der Waals surface area contributed by atoms with Gasteiger partial charge in [-0.25, -0.2) is 0 Å². The van der Waals surface area contributed by atoms with Gasteiger partial charge < -0.3 is 11.1 Å². The summed E-state index contributed by atoms with van der Waals surface area (Å²) in [7, 11) is 0. The van der Waals surface area contributed by atoms with Crippen LogP contribution >= 0.6 is 23.8 Å². The van der Waals surface area contributed by atoms with Crippen molar-refractivity contribution in [3.8, 4) is 0 Å². The summed E-state index contributed by atoms with van der Waals surface area (Å²) in [6.45, 7) is 2.92. The van der Waals surface area contributed by atoms with Crippen molar-refractivity contribution in [2.24, 2.45) is 5.73 Å². The zero-order valence-electron chi connectivity index (χ0n) is 11.3. The van der Waals surface area contributed by atoms with Crippen LogP contribution in [0, 0.1) is 6.92 Å². The van der Waals surface area contributed by atoms with Crippen LogP contribution in [0.15, 0.2) is 42.5 Å². The average molecular weight is 305 g/mol. The number of rotatable bonds is 5. The quantitative estimate of drug-likeness (QED) is 0.822. The minimum atomic E-state index is 0.352. The highest BCUT2D eigenvalue weighted by atomic mass is 35.5. The van der Waals surface area contributed by atoms with E-state index in [0.717, 1.165) is 24.2 Å². The Morgan fingerprint density at radius 3 is 2.75 bits per heavy atom. The maximum atomic E-state index is 5.97. The predicted molar refractivity (Wildman–Crippen MR) is 90.7 cm³/mol. The largest absolute Gasteiger partial charge is 0.389 e. The van der Waals surface area contributed by atoms with Gasteiger partial charge in [0.1, 0.15) is 4.99 Å². The molecule has 0 spiro atoms. The maximum Gasteiger partial charge on any atom is 0.106 e. The highest BCUT2D eigenvalue weighted by Crippen LogP contribution is 2.20. The molecule has 2 aromatic carbocycles. The molecule has 4 heteroatoms. The fraction of sp³-hybridized carbons (Fsp3) is 0.188. The molecule has 0 aliphatic rings. The zero-order chi connectivity index (χ0) is 14.5. The monoisotopic (exact) mass is 304 g/mol. The number of hydrogen-bond acceptors (Lipinski definition) is 2. The molecule has 0 atom stereocenters. The van der Waals surface area contributed by atoms with Crippen molar-refractivity contribution in [2.45, 2.75) is 13.3 Å². The molecule has 0 aliphatic carbocycles. The molecular formula is C16H17ClN2S. The Morgan fingerprint density at radius 2 is 2.05 bits per heavy atom. The van der Waals surface area contributed by atoms with Gasteiger partial charge in [0.2, 0.25) is 0 Å². The number of anilines is 1. The molecule has 2 aromatic rings. The van der Waals surface area contributed by atoms with Gasteiger partial charge in [0, 0.05) is 22.8 Å². The van der Waals surface area contributed by atoms with E-state index in [9.17, 15) is 0 Å². The van der Waals surface area contributed by atoms with Gasteiger partial charge in [0.25, 0.3) is 0 Å². The lowest BCUT2D eigenvalue weighted by atomic mass is 10.1.